The highest BCUT2D eigenvalue weighted by Gasteiger charge is 2.47. The molecular formula is C36H80N2O9Si6. The van der Waals surface area contributed by atoms with Gasteiger partial charge in [-0.3, -0.25) is 0 Å². The first-order chi connectivity index (χ1) is 25.4. The lowest BCUT2D eigenvalue weighted by atomic mass is 10.0. The third-order valence-corrected chi connectivity index (χ3v) is 24.9. The number of hydrogen-bond donors (Lipinski definition) is 2. The Morgan fingerprint density at radius 2 is 1.06 bits per heavy atom. The van der Waals surface area contributed by atoms with E-state index >= 15 is 0 Å². The van der Waals surface area contributed by atoms with Gasteiger partial charge in [0.2, 0.25) is 0 Å². The Balaban J connectivity index is 3.35. The van der Waals surface area contributed by atoms with Crippen molar-refractivity contribution in [2.45, 2.75) is 123 Å². The molecule has 1 rings (SSSR count). The first kappa shape index (κ1) is 51.1. The fourth-order valence-electron chi connectivity index (χ4n) is 7.46. The van der Waals surface area contributed by atoms with Crippen LogP contribution in [0.5, 0.6) is 0 Å². The second kappa shape index (κ2) is 27.7. The van der Waals surface area contributed by atoms with E-state index in [0.29, 0.717) is 39.6 Å². The van der Waals surface area contributed by atoms with Gasteiger partial charge in [0.15, 0.2) is 0 Å². The van der Waals surface area contributed by atoms with Gasteiger partial charge in [0.25, 0.3) is 0 Å². The minimum Gasteiger partial charge on any atom is -0.376 e. The highest BCUT2D eigenvalue weighted by atomic mass is 28.4. The van der Waals surface area contributed by atoms with Crippen molar-refractivity contribution >= 4 is 63.9 Å². The largest absolute Gasteiger partial charge is 0.507 e. The van der Waals surface area contributed by atoms with Crippen LogP contribution in [-0.2, 0) is 46.3 Å². The first-order valence-electron chi connectivity index (χ1n) is 20.5. The highest BCUT2D eigenvalue weighted by Crippen LogP contribution is 2.31. The summed E-state index contributed by atoms with van der Waals surface area (Å²) >= 11 is 0. The third-order valence-electron chi connectivity index (χ3n) is 9.68. The number of hydrogen-bond acceptors (Lipinski definition) is 11. The Morgan fingerprint density at radius 1 is 0.642 bits per heavy atom. The molecule has 17 heteroatoms. The molecule has 11 nitrogen and oxygen atoms in total. The monoisotopic (exact) mass is 852 g/mol. The molecule has 0 bridgehead atoms. The quantitative estimate of drug-likeness (QED) is 0.0608. The van der Waals surface area contributed by atoms with E-state index in [9.17, 15) is 0 Å². The van der Waals surface area contributed by atoms with Crippen molar-refractivity contribution in [2.24, 2.45) is 0 Å². The molecule has 0 aliphatic carbocycles. The lowest BCUT2D eigenvalue weighted by Gasteiger charge is -2.33. The summed E-state index contributed by atoms with van der Waals surface area (Å²) in [5.41, 5.74) is 2.92. The molecule has 1 aromatic carbocycles. The number of rotatable bonds is 33. The van der Waals surface area contributed by atoms with E-state index in [1.165, 1.54) is 17.2 Å². The lowest BCUT2D eigenvalue weighted by Crippen LogP contribution is -2.51. The molecule has 0 amide bonds. The minimum absolute atomic E-state index is 0.0384. The van der Waals surface area contributed by atoms with Crippen LogP contribution in [0.15, 0.2) is 12.1 Å². The molecule has 1 unspecified atom stereocenters. The summed E-state index contributed by atoms with van der Waals surface area (Å²) in [5, 5.41) is 11.1. The molecule has 0 aliphatic rings. The molecule has 0 heterocycles. The molecule has 0 radical (unpaired) electrons. The SMILES string of the molecule is CCO[Si](CCCNC(NCCC[Si](OCC)(OCC)OCC)[SiH2]CCc1c(C(C)[Si](OC)(OC)OC)ccc([SiH](C)C)c1[SiH](C)C)(OCC)OCC. The van der Waals surface area contributed by atoms with Gasteiger partial charge in [-0.05, 0) is 85.0 Å². The van der Waals surface area contributed by atoms with Gasteiger partial charge in [0.1, 0.15) is 0 Å². The summed E-state index contributed by atoms with van der Waals surface area (Å²) in [6.07, 6.45) is 2.92. The normalized spacial score (nSPS) is 13.8. The van der Waals surface area contributed by atoms with Crippen molar-refractivity contribution in [2.75, 3.05) is 74.1 Å². The Kier molecular flexibility index (Phi) is 26.7. The summed E-state index contributed by atoms with van der Waals surface area (Å²) in [4.78, 5) is 0. The van der Waals surface area contributed by atoms with Gasteiger partial charge in [0, 0.05) is 78.8 Å². The van der Waals surface area contributed by atoms with Crippen molar-refractivity contribution < 1.29 is 39.8 Å². The Hall–Kier alpha value is 0.0813. The standard InChI is InChI=1S/C36H80N2O9Si6/c1-15-42-51(43-16-2,44-17-3)29-21-26-37-36(38-27-22-30-52(45-18-4,46-19-5)47-20-6)48-28-25-33-32(31(7)53(39-8,40-9)41-10)23-24-34(49(11)12)35(33)50(13)14/h23-24,31,36-38,49-50H,15-22,25-30,48H2,1-14H3. The summed E-state index contributed by atoms with van der Waals surface area (Å²) in [7, 11) is -5.91. The van der Waals surface area contributed by atoms with Crippen molar-refractivity contribution in [3.63, 3.8) is 0 Å². The predicted octanol–water partition coefficient (Wildman–Crippen LogP) is 4.06. The van der Waals surface area contributed by atoms with Gasteiger partial charge in [-0.25, -0.2) is 0 Å². The zero-order valence-corrected chi connectivity index (χ0v) is 43.0. The van der Waals surface area contributed by atoms with Crippen LogP contribution in [-0.4, -0.2) is 133 Å². The Morgan fingerprint density at radius 3 is 1.40 bits per heavy atom. The van der Waals surface area contributed by atoms with Crippen LogP contribution in [0.1, 0.15) is 78.0 Å². The Bertz CT molecular complexity index is 1030. The fourth-order valence-corrected chi connectivity index (χ4v) is 21.7. The molecule has 2 N–H and O–H groups in total. The van der Waals surface area contributed by atoms with Crippen LogP contribution in [0.2, 0.25) is 44.3 Å². The van der Waals surface area contributed by atoms with E-state index in [0.717, 1.165) is 44.4 Å². The minimum atomic E-state index is -2.91. The van der Waals surface area contributed by atoms with E-state index < -0.39 is 53.5 Å². The first-order valence-corrected chi connectivity index (χ1v) is 33.7. The highest BCUT2D eigenvalue weighted by molar-refractivity contribution is 6.82. The third kappa shape index (κ3) is 16.1. The number of nitrogens with one attached hydrogen (secondary N) is 2. The lowest BCUT2D eigenvalue weighted by molar-refractivity contribution is 0.0701. The smallest absolute Gasteiger partial charge is 0.376 e. The topological polar surface area (TPSA) is 107 Å². The second-order valence-electron chi connectivity index (χ2n) is 13.9. The van der Waals surface area contributed by atoms with Gasteiger partial charge >= 0.3 is 26.4 Å². The van der Waals surface area contributed by atoms with E-state index in [4.69, 9.17) is 39.8 Å². The number of benzene rings is 1. The molecule has 0 saturated carbocycles. The molecule has 0 aliphatic heterocycles. The van der Waals surface area contributed by atoms with E-state index in [-0.39, 0.29) is 11.3 Å². The maximum atomic E-state index is 6.15. The Labute approximate surface area is 333 Å². The molecule has 0 saturated heterocycles. The maximum Gasteiger partial charge on any atom is 0.507 e. The van der Waals surface area contributed by atoms with Crippen LogP contribution in [0, 0.1) is 0 Å². The van der Waals surface area contributed by atoms with Crippen molar-refractivity contribution in [3.05, 3.63) is 23.3 Å². The van der Waals surface area contributed by atoms with Crippen LogP contribution >= 0.6 is 0 Å². The van der Waals surface area contributed by atoms with Gasteiger partial charge < -0.3 is 50.5 Å². The van der Waals surface area contributed by atoms with Gasteiger partial charge in [-0.2, -0.15) is 0 Å². The second-order valence-corrected chi connectivity index (χ2v) is 30.6. The molecular weight excluding hydrogens is 773 g/mol. The molecule has 312 valence electrons. The van der Waals surface area contributed by atoms with Crippen LogP contribution < -0.4 is 21.0 Å². The molecule has 53 heavy (non-hydrogen) atoms. The zero-order chi connectivity index (χ0) is 39.9. The summed E-state index contributed by atoms with van der Waals surface area (Å²) in [6, 6.07) is 7.56. The summed E-state index contributed by atoms with van der Waals surface area (Å²) < 4.78 is 55.0. The van der Waals surface area contributed by atoms with E-state index in [2.05, 4.69) is 55.9 Å². The average Bonchev–Trinajstić information content (AvgIpc) is 3.12. The predicted molar refractivity (Wildman–Crippen MR) is 236 cm³/mol. The maximum absolute atomic E-state index is 6.15. The molecule has 1 aromatic rings. The molecule has 1 atom stereocenters. The summed E-state index contributed by atoms with van der Waals surface area (Å²) in [6.45, 7) is 29.5. The molecule has 0 fully saturated rings. The molecule has 0 aromatic heterocycles. The van der Waals surface area contributed by atoms with Gasteiger partial charge in [0.05, 0.1) is 32.7 Å². The van der Waals surface area contributed by atoms with Crippen LogP contribution in [0.3, 0.4) is 0 Å². The van der Waals surface area contributed by atoms with Gasteiger partial charge in [-0.1, -0.05) is 61.7 Å². The van der Waals surface area contributed by atoms with E-state index in [1.54, 1.807) is 31.7 Å². The average molecular weight is 854 g/mol. The summed E-state index contributed by atoms with van der Waals surface area (Å²) in [5.74, 6) is 0.272. The van der Waals surface area contributed by atoms with E-state index in [1.807, 2.05) is 41.5 Å². The van der Waals surface area contributed by atoms with Crippen LogP contribution in [0.25, 0.3) is 0 Å². The van der Waals surface area contributed by atoms with Crippen molar-refractivity contribution in [1.82, 2.24) is 10.6 Å². The zero-order valence-electron chi connectivity index (χ0n) is 36.2. The fraction of sp³-hybridized carbons (Fsp3) is 0.833. The van der Waals surface area contributed by atoms with Crippen molar-refractivity contribution in [3.8, 4) is 0 Å². The van der Waals surface area contributed by atoms with Crippen LogP contribution in [0.4, 0.5) is 0 Å². The van der Waals surface area contributed by atoms with Crippen molar-refractivity contribution in [1.29, 1.82) is 0 Å². The van der Waals surface area contributed by atoms with Gasteiger partial charge in [-0.15, -0.1) is 0 Å². The molecule has 0 spiro atoms.